The van der Waals surface area contributed by atoms with Crippen molar-refractivity contribution in [2.75, 3.05) is 0 Å². The van der Waals surface area contributed by atoms with E-state index in [1.807, 2.05) is 0 Å². The van der Waals surface area contributed by atoms with Gasteiger partial charge in [0.2, 0.25) is 0 Å². The molecule has 0 amide bonds. The van der Waals surface area contributed by atoms with E-state index < -0.39 is 33.0 Å². The van der Waals surface area contributed by atoms with E-state index >= 15 is 4.79 Å². The fraction of sp³-hybridized carbons (Fsp3) is 0.986. The number of carboxylic acids is 1. The zero-order valence-electron chi connectivity index (χ0n) is 59.7. The van der Waals surface area contributed by atoms with Crippen LogP contribution in [0.5, 0.6) is 0 Å². The lowest BCUT2D eigenvalue weighted by atomic mass is 9.16. The van der Waals surface area contributed by atoms with E-state index in [1.54, 1.807) is 0 Å². The zero-order chi connectivity index (χ0) is 60.9. The van der Waals surface area contributed by atoms with Crippen molar-refractivity contribution in [3.63, 3.8) is 0 Å². The Balaban J connectivity index is 13.9. The molecule has 0 spiro atoms. The number of aliphatic carboxylic acids is 1. The summed E-state index contributed by atoms with van der Waals surface area (Å²) < 4.78 is 0. The third kappa shape index (κ3) is 11.8. The first-order chi connectivity index (χ1) is 31.6. The second-order valence-corrected chi connectivity index (χ2v) is 38.7. The largest absolute Gasteiger partial charge is 0.481 e. The third-order valence-electron chi connectivity index (χ3n) is 25.0. The van der Waals surface area contributed by atoms with E-state index in [4.69, 9.17) is 0 Å². The highest BCUT2D eigenvalue weighted by molar-refractivity contribution is 5.78. The number of hydrogen-bond donors (Lipinski definition) is 1. The van der Waals surface area contributed by atoms with Crippen LogP contribution < -0.4 is 0 Å². The maximum Gasteiger partial charge on any atom is 0.310 e. The first-order valence-electron chi connectivity index (χ1n) is 30.9. The Morgan fingerprint density at radius 3 is 0.486 bits per heavy atom. The van der Waals surface area contributed by atoms with Crippen LogP contribution >= 0.6 is 0 Å². The molecule has 0 saturated heterocycles. The average Bonchev–Trinajstić information content (AvgIpc) is 3.13. The van der Waals surface area contributed by atoms with Crippen molar-refractivity contribution in [1.29, 1.82) is 0 Å². The molecule has 0 aromatic rings. The minimum absolute atomic E-state index is 0.00244. The lowest BCUT2D eigenvalue weighted by Gasteiger charge is -2.87. The van der Waals surface area contributed by atoms with Gasteiger partial charge in [0.25, 0.3) is 0 Å². The third-order valence-corrected chi connectivity index (χ3v) is 25.0. The van der Waals surface area contributed by atoms with Gasteiger partial charge in [0.1, 0.15) is 0 Å². The topological polar surface area (TPSA) is 37.3 Å². The molecular weight excluding hydrogens is 897 g/mol. The van der Waals surface area contributed by atoms with Gasteiger partial charge in [0, 0.05) is 0 Å². The second kappa shape index (κ2) is 21.4. The molecule has 1 N–H and O–H groups in total. The first-order valence-corrected chi connectivity index (χ1v) is 30.9. The molecule has 11 unspecified atom stereocenters. The fourth-order valence-electron chi connectivity index (χ4n) is 18.0. The van der Waals surface area contributed by atoms with E-state index in [1.165, 1.54) is 0 Å². The summed E-state index contributed by atoms with van der Waals surface area (Å²) in [7, 11) is 0. The smallest absolute Gasteiger partial charge is 0.310 e. The molecule has 0 fully saturated rings. The van der Waals surface area contributed by atoms with Crippen LogP contribution in [0.1, 0.15) is 305 Å². The molecule has 2 nitrogen and oxygen atoms in total. The van der Waals surface area contributed by atoms with Crippen LogP contribution in [0.3, 0.4) is 0 Å². The summed E-state index contributed by atoms with van der Waals surface area (Å²) in [5, 5.41) is 14.2. The monoisotopic (exact) mass is 1040 g/mol. The van der Waals surface area contributed by atoms with Crippen molar-refractivity contribution in [2.45, 2.75) is 305 Å². The van der Waals surface area contributed by atoms with Crippen LogP contribution in [-0.4, -0.2) is 11.1 Å². The molecule has 0 aliphatic carbocycles. The minimum atomic E-state index is -1.30. The van der Waals surface area contributed by atoms with Crippen molar-refractivity contribution < 1.29 is 9.90 Å². The Hall–Kier alpha value is -0.530. The molecule has 0 radical (unpaired) electrons. The van der Waals surface area contributed by atoms with Gasteiger partial charge in [-0.1, -0.05) is 305 Å². The van der Waals surface area contributed by atoms with E-state index in [2.05, 4.69) is 305 Å². The van der Waals surface area contributed by atoms with Crippen LogP contribution in [0, 0.1) is 152 Å². The minimum Gasteiger partial charge on any atom is -0.481 e. The van der Waals surface area contributed by atoms with Crippen molar-refractivity contribution in [2.24, 2.45) is 152 Å². The zero-order valence-corrected chi connectivity index (χ0v) is 59.7. The molecule has 0 aliphatic heterocycles. The Morgan fingerprint density at radius 2 is 0.351 bits per heavy atom. The van der Waals surface area contributed by atoms with Gasteiger partial charge in [-0.15, -0.1) is 0 Å². The van der Waals surface area contributed by atoms with E-state index in [0.717, 1.165) is 0 Å². The Kier molecular flexibility index (Phi) is 21.3. The number of hydrogen-bond acceptors (Lipinski definition) is 1. The highest BCUT2D eigenvalue weighted by atomic mass is 16.4. The number of carboxylic acid groups (broad SMARTS) is 1. The fourth-order valence-corrected chi connectivity index (χ4v) is 18.0. The van der Waals surface area contributed by atoms with Crippen LogP contribution in [-0.2, 0) is 4.79 Å². The molecule has 0 saturated carbocycles. The van der Waals surface area contributed by atoms with Crippen LogP contribution in [0.2, 0.25) is 0 Å². The number of carbonyl (C=O) groups is 1. The SMILES string of the molecule is CC(C(C)(C)C)C(C(=O)O)(C(C)C(C)(C)C)C(C(C)C(C)(C)C)(C(C)C(C)(C)C)C(C(C)C(C)(C)C)(C(C)C(C)(C)C)C(C(C)C(C)(C)C)(C(C)C(C)(C)C)C(C(C)C(C)(C)C)(C(C)C(C)(C)C)C(C)C(C)(C)C. The molecule has 0 heterocycles. The molecule has 0 bridgehead atoms. The predicted octanol–water partition coefficient (Wildman–Crippen LogP) is 23.5. The van der Waals surface area contributed by atoms with Gasteiger partial charge in [-0.2, -0.15) is 0 Å². The Bertz CT molecular complexity index is 1680. The highest BCUT2D eigenvalue weighted by Gasteiger charge is 2.88. The van der Waals surface area contributed by atoms with Gasteiger partial charge >= 0.3 is 5.97 Å². The summed E-state index contributed by atoms with van der Waals surface area (Å²) in [5.74, 6) is -0.581. The Morgan fingerprint density at radius 1 is 0.216 bits per heavy atom. The van der Waals surface area contributed by atoms with Gasteiger partial charge in [-0.25, -0.2) is 0 Å². The van der Waals surface area contributed by atoms with E-state index in [-0.39, 0.29) is 125 Å². The maximum absolute atomic E-state index is 17.3. The molecule has 2 heteroatoms. The van der Waals surface area contributed by atoms with Gasteiger partial charge in [-0.3, -0.25) is 4.79 Å². The summed E-state index contributed by atoms with van der Waals surface area (Å²) in [5.41, 5.74) is -6.93. The van der Waals surface area contributed by atoms with Crippen molar-refractivity contribution in [1.82, 2.24) is 0 Å². The quantitative estimate of drug-likeness (QED) is 0.167. The molecule has 0 rings (SSSR count). The van der Waals surface area contributed by atoms with Crippen LogP contribution in [0.25, 0.3) is 0 Å². The van der Waals surface area contributed by atoms with Crippen LogP contribution in [0.4, 0.5) is 0 Å². The van der Waals surface area contributed by atoms with Crippen molar-refractivity contribution in [3.05, 3.63) is 0 Å². The van der Waals surface area contributed by atoms with E-state index in [9.17, 15) is 5.11 Å². The predicted molar refractivity (Wildman–Crippen MR) is 335 cm³/mol. The van der Waals surface area contributed by atoms with Crippen molar-refractivity contribution >= 4 is 5.97 Å². The summed E-state index contributed by atoms with van der Waals surface area (Å²) in [6.07, 6.45) is 0. The highest BCUT2D eigenvalue weighted by Crippen LogP contribution is 2.90. The Labute approximate surface area is 470 Å². The first kappa shape index (κ1) is 73.5. The summed E-state index contributed by atoms with van der Waals surface area (Å²) in [6.45, 7) is 113. The summed E-state index contributed by atoms with van der Waals surface area (Å²) in [6, 6.07) is 0. The summed E-state index contributed by atoms with van der Waals surface area (Å²) in [4.78, 5) is 17.3. The second-order valence-electron chi connectivity index (χ2n) is 38.7. The van der Waals surface area contributed by atoms with Crippen molar-refractivity contribution in [3.8, 4) is 0 Å². The molecule has 444 valence electrons. The lowest BCUT2D eigenvalue weighted by Crippen LogP contribution is -2.85. The molecule has 0 aromatic heterocycles. The normalized spacial score (nSPS) is 23.7. The van der Waals surface area contributed by atoms with Crippen LogP contribution in [0.15, 0.2) is 0 Å². The maximum atomic E-state index is 17.3. The number of rotatable bonds is 16. The van der Waals surface area contributed by atoms with E-state index in [0.29, 0.717) is 0 Å². The lowest BCUT2D eigenvalue weighted by molar-refractivity contribution is -0.408. The molecule has 0 aromatic carbocycles. The standard InChI is InChI=1S/C72H144O2/c1-45(57(12,13)14)68(46(2)58(15,16)17,47(3)59(18,19)20)70(50(6)62(27,28)29,51(7)63(30,31)32)72(54(10)66(39,40)41,55(11)67(42,43)44)71(52(8)64(33,34)35,53(9)65(36,37)38)69(56(73)74,48(4)60(21,22)23)49(5)61(24,25)26/h45-55H,1-44H3,(H,73,74). The van der Waals surface area contributed by atoms with Gasteiger partial charge in [0.05, 0.1) is 5.41 Å². The molecular formula is C72H144O2. The molecule has 0 aliphatic rings. The average molecular weight is 1040 g/mol. The van der Waals surface area contributed by atoms with Gasteiger partial charge in [-0.05, 0) is 146 Å². The molecule has 74 heavy (non-hydrogen) atoms. The van der Waals surface area contributed by atoms with Gasteiger partial charge < -0.3 is 5.11 Å². The van der Waals surface area contributed by atoms with Gasteiger partial charge in [0.15, 0.2) is 0 Å². The summed E-state index contributed by atoms with van der Waals surface area (Å²) >= 11 is 0. The molecule has 11 atom stereocenters.